The molecule has 0 atom stereocenters. The van der Waals surface area contributed by atoms with Crippen molar-refractivity contribution >= 4 is 38.5 Å². The predicted octanol–water partition coefficient (Wildman–Crippen LogP) is 2.84. The SMILES string of the molecule is CCCn1cc(I)c(=O)n(Cc2cccc(Br)c2)c1=O. The number of hydrogen-bond donors (Lipinski definition) is 0. The van der Waals surface area contributed by atoms with Gasteiger partial charge >= 0.3 is 5.69 Å². The Hall–Kier alpha value is -0.890. The number of rotatable bonds is 4. The fourth-order valence-corrected chi connectivity index (χ4v) is 3.05. The standard InChI is InChI=1S/C14H14BrIN2O2/c1-2-6-17-9-12(16)13(19)18(14(17)20)8-10-4-3-5-11(15)7-10/h3-5,7,9H,2,6,8H2,1H3. The number of nitrogens with zero attached hydrogens (tertiary/aromatic N) is 2. The Balaban J connectivity index is 2.51. The van der Waals surface area contributed by atoms with Gasteiger partial charge in [-0.1, -0.05) is 35.0 Å². The summed E-state index contributed by atoms with van der Waals surface area (Å²) in [6, 6.07) is 7.62. The Kier molecular flexibility index (Phi) is 5.20. The van der Waals surface area contributed by atoms with Crippen LogP contribution in [0.5, 0.6) is 0 Å². The summed E-state index contributed by atoms with van der Waals surface area (Å²) in [6.07, 6.45) is 2.48. The highest BCUT2D eigenvalue weighted by Gasteiger charge is 2.10. The summed E-state index contributed by atoms with van der Waals surface area (Å²) < 4.78 is 4.38. The van der Waals surface area contributed by atoms with Gasteiger partial charge in [0, 0.05) is 17.2 Å². The smallest absolute Gasteiger partial charge is 0.299 e. The Bertz CT molecular complexity index is 737. The third-order valence-electron chi connectivity index (χ3n) is 2.89. The van der Waals surface area contributed by atoms with E-state index >= 15 is 0 Å². The van der Waals surface area contributed by atoms with E-state index in [0.29, 0.717) is 10.1 Å². The molecule has 2 rings (SSSR count). The van der Waals surface area contributed by atoms with Crippen molar-refractivity contribution in [2.24, 2.45) is 0 Å². The molecule has 1 heterocycles. The number of benzene rings is 1. The molecule has 0 saturated carbocycles. The molecule has 0 spiro atoms. The third kappa shape index (κ3) is 3.41. The number of aromatic nitrogens is 2. The summed E-state index contributed by atoms with van der Waals surface area (Å²) in [5.41, 5.74) is 0.434. The molecule has 106 valence electrons. The maximum atomic E-state index is 12.3. The minimum Gasteiger partial charge on any atom is -0.299 e. The van der Waals surface area contributed by atoms with Gasteiger partial charge in [0.2, 0.25) is 0 Å². The lowest BCUT2D eigenvalue weighted by molar-refractivity contribution is 0.566. The monoisotopic (exact) mass is 448 g/mol. The topological polar surface area (TPSA) is 44.0 Å². The first-order valence-corrected chi connectivity index (χ1v) is 8.14. The maximum absolute atomic E-state index is 12.3. The van der Waals surface area contributed by atoms with Crippen molar-refractivity contribution in [3.63, 3.8) is 0 Å². The van der Waals surface area contributed by atoms with Crippen LogP contribution in [0.3, 0.4) is 0 Å². The van der Waals surface area contributed by atoms with Gasteiger partial charge < -0.3 is 0 Å². The van der Waals surface area contributed by atoms with Crippen LogP contribution >= 0.6 is 38.5 Å². The van der Waals surface area contributed by atoms with Crippen molar-refractivity contribution in [2.45, 2.75) is 26.4 Å². The predicted molar refractivity (Wildman–Crippen MR) is 91.2 cm³/mol. The van der Waals surface area contributed by atoms with Crippen LogP contribution in [0.1, 0.15) is 18.9 Å². The Labute approximate surface area is 138 Å². The average Bonchev–Trinajstić information content (AvgIpc) is 2.41. The molecule has 0 aliphatic heterocycles. The van der Waals surface area contributed by atoms with Gasteiger partial charge in [-0.25, -0.2) is 4.79 Å². The lowest BCUT2D eigenvalue weighted by atomic mass is 10.2. The van der Waals surface area contributed by atoms with Crippen LogP contribution in [0.25, 0.3) is 0 Å². The highest BCUT2D eigenvalue weighted by molar-refractivity contribution is 14.1. The molecule has 0 fully saturated rings. The van der Waals surface area contributed by atoms with E-state index in [1.165, 1.54) is 4.57 Å². The zero-order valence-electron chi connectivity index (χ0n) is 11.0. The molecule has 0 amide bonds. The van der Waals surface area contributed by atoms with Crippen molar-refractivity contribution in [1.29, 1.82) is 0 Å². The van der Waals surface area contributed by atoms with E-state index in [-0.39, 0.29) is 17.8 Å². The van der Waals surface area contributed by atoms with Gasteiger partial charge in [0.25, 0.3) is 5.56 Å². The molecular formula is C14H14BrIN2O2. The molecule has 0 saturated heterocycles. The molecule has 0 unspecified atom stereocenters. The van der Waals surface area contributed by atoms with Crippen molar-refractivity contribution in [2.75, 3.05) is 0 Å². The first-order chi connectivity index (χ1) is 9.52. The largest absolute Gasteiger partial charge is 0.331 e. The van der Waals surface area contributed by atoms with Crippen LogP contribution in [0.4, 0.5) is 0 Å². The quantitative estimate of drug-likeness (QED) is 0.675. The van der Waals surface area contributed by atoms with Crippen molar-refractivity contribution in [3.05, 3.63) is 64.9 Å². The van der Waals surface area contributed by atoms with Crippen LogP contribution in [0, 0.1) is 3.57 Å². The normalized spacial score (nSPS) is 10.8. The lowest BCUT2D eigenvalue weighted by Crippen LogP contribution is -2.41. The molecule has 4 nitrogen and oxygen atoms in total. The highest BCUT2D eigenvalue weighted by Crippen LogP contribution is 2.12. The van der Waals surface area contributed by atoms with Gasteiger partial charge in [0.1, 0.15) is 0 Å². The number of halogens is 2. The number of hydrogen-bond acceptors (Lipinski definition) is 2. The van der Waals surface area contributed by atoms with Gasteiger partial charge in [-0.15, -0.1) is 0 Å². The Morgan fingerprint density at radius 3 is 2.70 bits per heavy atom. The summed E-state index contributed by atoms with van der Waals surface area (Å²) in [6.45, 7) is 2.91. The van der Waals surface area contributed by atoms with E-state index in [1.807, 2.05) is 53.8 Å². The van der Waals surface area contributed by atoms with E-state index < -0.39 is 0 Å². The fraction of sp³-hybridized carbons (Fsp3) is 0.286. The third-order valence-corrected chi connectivity index (χ3v) is 4.12. The second kappa shape index (κ2) is 6.71. The van der Waals surface area contributed by atoms with Gasteiger partial charge in [0.05, 0.1) is 10.1 Å². The van der Waals surface area contributed by atoms with Gasteiger partial charge in [-0.05, 0) is 46.7 Å². The minimum atomic E-state index is -0.253. The van der Waals surface area contributed by atoms with E-state index in [2.05, 4.69) is 15.9 Å². The molecule has 0 aliphatic rings. The van der Waals surface area contributed by atoms with Gasteiger partial charge in [-0.3, -0.25) is 13.9 Å². The Morgan fingerprint density at radius 2 is 2.05 bits per heavy atom. The second-order valence-corrected chi connectivity index (χ2v) is 6.55. The Morgan fingerprint density at radius 1 is 1.30 bits per heavy atom. The van der Waals surface area contributed by atoms with E-state index in [4.69, 9.17) is 0 Å². The molecule has 0 bridgehead atoms. The van der Waals surface area contributed by atoms with Crippen LogP contribution in [-0.2, 0) is 13.1 Å². The molecule has 0 radical (unpaired) electrons. The molecule has 1 aromatic carbocycles. The van der Waals surface area contributed by atoms with E-state index in [1.54, 1.807) is 10.8 Å². The summed E-state index contributed by atoms with van der Waals surface area (Å²) in [4.78, 5) is 24.5. The van der Waals surface area contributed by atoms with Crippen LogP contribution in [0.15, 0.2) is 44.5 Å². The highest BCUT2D eigenvalue weighted by atomic mass is 127. The van der Waals surface area contributed by atoms with Crippen molar-refractivity contribution in [3.8, 4) is 0 Å². The van der Waals surface area contributed by atoms with Crippen molar-refractivity contribution in [1.82, 2.24) is 9.13 Å². The van der Waals surface area contributed by atoms with Crippen molar-refractivity contribution < 1.29 is 0 Å². The second-order valence-electron chi connectivity index (χ2n) is 4.47. The molecule has 0 N–H and O–H groups in total. The molecule has 0 aliphatic carbocycles. The minimum absolute atomic E-state index is 0.233. The molecule has 20 heavy (non-hydrogen) atoms. The van der Waals surface area contributed by atoms with Gasteiger partial charge in [-0.2, -0.15) is 0 Å². The molecule has 6 heteroatoms. The summed E-state index contributed by atoms with van der Waals surface area (Å²) in [5.74, 6) is 0. The molecule has 1 aromatic heterocycles. The zero-order valence-corrected chi connectivity index (χ0v) is 14.7. The summed E-state index contributed by atoms with van der Waals surface area (Å²) >= 11 is 5.37. The maximum Gasteiger partial charge on any atom is 0.331 e. The summed E-state index contributed by atoms with van der Waals surface area (Å²) in [7, 11) is 0. The lowest BCUT2D eigenvalue weighted by Gasteiger charge is -2.10. The van der Waals surface area contributed by atoms with Crippen LogP contribution in [-0.4, -0.2) is 9.13 Å². The fourth-order valence-electron chi connectivity index (χ4n) is 1.98. The first kappa shape index (κ1) is 15.5. The molecular weight excluding hydrogens is 435 g/mol. The van der Waals surface area contributed by atoms with Crippen LogP contribution in [0.2, 0.25) is 0 Å². The van der Waals surface area contributed by atoms with E-state index in [0.717, 1.165) is 16.5 Å². The number of aryl methyl sites for hydroxylation is 1. The average molecular weight is 449 g/mol. The zero-order chi connectivity index (χ0) is 14.7. The van der Waals surface area contributed by atoms with Crippen LogP contribution < -0.4 is 11.2 Å². The van der Waals surface area contributed by atoms with Gasteiger partial charge in [0.15, 0.2) is 0 Å². The molecule has 2 aromatic rings. The van der Waals surface area contributed by atoms with E-state index in [9.17, 15) is 9.59 Å². The first-order valence-electron chi connectivity index (χ1n) is 6.27. The summed E-state index contributed by atoms with van der Waals surface area (Å²) in [5, 5.41) is 0.